The zero-order valence-corrected chi connectivity index (χ0v) is 14.3. The molecule has 0 bridgehead atoms. The van der Waals surface area contributed by atoms with Crippen LogP contribution in [-0.2, 0) is 4.79 Å². The number of carboxylic acid groups (broad SMARTS) is 1. The highest BCUT2D eigenvalue weighted by Gasteiger charge is 2.31. The van der Waals surface area contributed by atoms with Gasteiger partial charge in [0.15, 0.2) is 0 Å². The van der Waals surface area contributed by atoms with Crippen molar-refractivity contribution in [2.24, 2.45) is 5.92 Å². The van der Waals surface area contributed by atoms with Crippen molar-refractivity contribution >= 4 is 23.6 Å². The molecule has 6 heteroatoms. The number of carbonyl (C=O) groups is 2. The Kier molecular flexibility index (Phi) is 5.29. The molecule has 2 atom stereocenters. The third-order valence-corrected chi connectivity index (χ3v) is 5.45. The molecule has 0 aromatic heterocycles. The molecular formula is C18H23ClN2O3. The highest BCUT2D eigenvalue weighted by atomic mass is 35.5. The number of benzene rings is 1. The minimum atomic E-state index is -0.754. The molecular weight excluding hydrogens is 328 g/mol. The van der Waals surface area contributed by atoms with Crippen molar-refractivity contribution in [3.63, 3.8) is 0 Å². The Bertz CT molecular complexity index is 614. The molecule has 1 aliphatic carbocycles. The highest BCUT2D eigenvalue weighted by Crippen LogP contribution is 2.35. The number of rotatable bonds is 3. The monoisotopic (exact) mass is 350 g/mol. The van der Waals surface area contributed by atoms with Crippen LogP contribution < -0.4 is 5.32 Å². The van der Waals surface area contributed by atoms with Crippen LogP contribution in [-0.4, -0.2) is 41.1 Å². The Morgan fingerprint density at radius 2 is 1.92 bits per heavy atom. The first-order chi connectivity index (χ1) is 11.5. The minimum absolute atomic E-state index is 0.0596. The molecule has 5 nitrogen and oxygen atoms in total. The lowest BCUT2D eigenvalue weighted by molar-refractivity contribution is -0.143. The van der Waals surface area contributed by atoms with Crippen LogP contribution in [0.25, 0.3) is 0 Å². The molecule has 2 fully saturated rings. The lowest BCUT2D eigenvalue weighted by Gasteiger charge is -2.31. The van der Waals surface area contributed by atoms with Gasteiger partial charge in [-0.2, -0.15) is 0 Å². The second kappa shape index (κ2) is 7.43. The molecule has 2 amide bonds. The summed E-state index contributed by atoms with van der Waals surface area (Å²) in [7, 11) is 0. The van der Waals surface area contributed by atoms with Gasteiger partial charge in [0.1, 0.15) is 0 Å². The van der Waals surface area contributed by atoms with Crippen LogP contribution in [0, 0.1) is 5.92 Å². The number of aliphatic carboxylic acids is 1. The predicted octanol–water partition coefficient (Wildman–Crippen LogP) is 3.48. The molecule has 1 heterocycles. The van der Waals surface area contributed by atoms with Gasteiger partial charge in [-0.05, 0) is 55.7 Å². The number of halogens is 1. The number of likely N-dealkylation sites (tertiary alicyclic amines) is 1. The van der Waals surface area contributed by atoms with E-state index in [2.05, 4.69) is 11.4 Å². The van der Waals surface area contributed by atoms with Gasteiger partial charge in [-0.1, -0.05) is 23.7 Å². The molecule has 2 unspecified atom stereocenters. The number of urea groups is 1. The molecule has 2 N–H and O–H groups in total. The Labute approximate surface area is 147 Å². The summed E-state index contributed by atoms with van der Waals surface area (Å²) in [5.41, 5.74) is 1.24. The summed E-state index contributed by atoms with van der Waals surface area (Å²) in [4.78, 5) is 25.1. The lowest BCUT2D eigenvalue weighted by atomic mass is 9.97. The third-order valence-electron chi connectivity index (χ3n) is 5.21. The zero-order chi connectivity index (χ0) is 17.1. The largest absolute Gasteiger partial charge is 0.481 e. The molecule has 130 valence electrons. The Hall–Kier alpha value is -1.75. The van der Waals surface area contributed by atoms with Crippen LogP contribution in [0.3, 0.4) is 0 Å². The van der Waals surface area contributed by atoms with E-state index in [1.54, 1.807) is 4.90 Å². The third kappa shape index (κ3) is 4.01. The average Bonchev–Trinajstić information content (AvgIpc) is 3.03. The number of carboxylic acids is 1. The minimum Gasteiger partial charge on any atom is -0.481 e. The first-order valence-electron chi connectivity index (χ1n) is 8.56. The Morgan fingerprint density at radius 3 is 2.58 bits per heavy atom. The standard InChI is InChI=1S/C18H23ClN2O3/c19-15-3-1-2-13(10-15)14-4-5-16(11-14)20-18(24)21-8-6-12(7-9-21)17(22)23/h1-3,10,12,14,16H,4-9,11H2,(H,20,24)(H,22,23). The average molecular weight is 351 g/mol. The van der Waals surface area contributed by atoms with Gasteiger partial charge in [0.2, 0.25) is 0 Å². The van der Waals surface area contributed by atoms with Gasteiger partial charge < -0.3 is 15.3 Å². The molecule has 1 saturated heterocycles. The van der Waals surface area contributed by atoms with Crippen molar-refractivity contribution in [3.8, 4) is 0 Å². The van der Waals surface area contributed by atoms with Crippen molar-refractivity contribution < 1.29 is 14.7 Å². The molecule has 1 aromatic rings. The van der Waals surface area contributed by atoms with Gasteiger partial charge in [0, 0.05) is 24.2 Å². The maximum atomic E-state index is 12.4. The van der Waals surface area contributed by atoms with Crippen molar-refractivity contribution in [3.05, 3.63) is 34.9 Å². The van der Waals surface area contributed by atoms with Crippen LogP contribution in [0.4, 0.5) is 4.79 Å². The summed E-state index contributed by atoms with van der Waals surface area (Å²) in [5, 5.41) is 12.9. The first kappa shape index (κ1) is 17.1. The molecule has 0 spiro atoms. The fourth-order valence-electron chi connectivity index (χ4n) is 3.77. The fourth-order valence-corrected chi connectivity index (χ4v) is 3.97. The van der Waals surface area contributed by atoms with Crippen LogP contribution in [0.2, 0.25) is 5.02 Å². The van der Waals surface area contributed by atoms with Crippen LogP contribution in [0.5, 0.6) is 0 Å². The molecule has 0 radical (unpaired) electrons. The second-order valence-corrected chi connectivity index (χ2v) is 7.25. The first-order valence-corrected chi connectivity index (χ1v) is 8.94. The van der Waals surface area contributed by atoms with Crippen LogP contribution in [0.1, 0.15) is 43.6 Å². The fraction of sp³-hybridized carbons (Fsp3) is 0.556. The zero-order valence-electron chi connectivity index (χ0n) is 13.6. The number of nitrogens with zero attached hydrogens (tertiary/aromatic N) is 1. The molecule has 2 aliphatic rings. The maximum absolute atomic E-state index is 12.4. The number of hydrogen-bond acceptors (Lipinski definition) is 2. The molecule has 3 rings (SSSR count). The molecule has 1 aromatic carbocycles. The van der Waals surface area contributed by atoms with Crippen molar-refractivity contribution in [2.75, 3.05) is 13.1 Å². The van der Waals surface area contributed by atoms with Gasteiger partial charge in [0.05, 0.1) is 5.92 Å². The number of hydrogen-bond donors (Lipinski definition) is 2. The number of nitrogens with one attached hydrogen (secondary N) is 1. The Morgan fingerprint density at radius 1 is 1.17 bits per heavy atom. The number of amides is 2. The van der Waals surface area contributed by atoms with E-state index < -0.39 is 5.97 Å². The summed E-state index contributed by atoms with van der Waals surface area (Å²) < 4.78 is 0. The Balaban J connectivity index is 1.49. The van der Waals surface area contributed by atoms with Gasteiger partial charge in [-0.15, -0.1) is 0 Å². The van der Waals surface area contributed by atoms with E-state index in [9.17, 15) is 9.59 Å². The normalized spacial score (nSPS) is 24.8. The summed E-state index contributed by atoms with van der Waals surface area (Å²) in [6.45, 7) is 1.04. The van der Waals surface area contributed by atoms with Gasteiger partial charge in [-0.3, -0.25) is 4.79 Å². The van der Waals surface area contributed by atoms with Crippen LogP contribution >= 0.6 is 11.6 Å². The van der Waals surface area contributed by atoms with Crippen molar-refractivity contribution in [2.45, 2.75) is 44.1 Å². The van der Waals surface area contributed by atoms with Gasteiger partial charge in [0.25, 0.3) is 0 Å². The van der Waals surface area contributed by atoms with E-state index >= 15 is 0 Å². The SMILES string of the molecule is O=C(O)C1CCN(C(=O)NC2CCC(c3cccc(Cl)c3)C2)CC1. The predicted molar refractivity (Wildman–Crippen MR) is 92.3 cm³/mol. The molecule has 1 aliphatic heterocycles. The van der Waals surface area contributed by atoms with E-state index in [1.807, 2.05) is 18.2 Å². The summed E-state index contributed by atoms with van der Waals surface area (Å²) in [6, 6.07) is 8.06. The van der Waals surface area contributed by atoms with Gasteiger partial charge >= 0.3 is 12.0 Å². The second-order valence-electron chi connectivity index (χ2n) is 6.81. The van der Waals surface area contributed by atoms with E-state index in [0.29, 0.717) is 31.8 Å². The number of piperidine rings is 1. The highest BCUT2D eigenvalue weighted by molar-refractivity contribution is 6.30. The van der Waals surface area contributed by atoms with E-state index in [0.717, 1.165) is 24.3 Å². The van der Waals surface area contributed by atoms with E-state index in [1.165, 1.54) is 5.56 Å². The topological polar surface area (TPSA) is 69.6 Å². The molecule has 24 heavy (non-hydrogen) atoms. The maximum Gasteiger partial charge on any atom is 0.317 e. The summed E-state index contributed by atoms with van der Waals surface area (Å²) in [5.74, 6) is -0.630. The van der Waals surface area contributed by atoms with E-state index in [4.69, 9.17) is 16.7 Å². The van der Waals surface area contributed by atoms with Gasteiger partial charge in [-0.25, -0.2) is 4.79 Å². The van der Waals surface area contributed by atoms with Crippen molar-refractivity contribution in [1.82, 2.24) is 10.2 Å². The van der Waals surface area contributed by atoms with Crippen LogP contribution in [0.15, 0.2) is 24.3 Å². The smallest absolute Gasteiger partial charge is 0.317 e. The van der Waals surface area contributed by atoms with Crippen molar-refractivity contribution in [1.29, 1.82) is 0 Å². The quantitative estimate of drug-likeness (QED) is 0.876. The summed E-state index contributed by atoms with van der Waals surface area (Å²) >= 11 is 6.06. The lowest BCUT2D eigenvalue weighted by Crippen LogP contribution is -2.48. The number of carbonyl (C=O) groups excluding carboxylic acids is 1. The molecule has 1 saturated carbocycles. The van der Waals surface area contributed by atoms with E-state index in [-0.39, 0.29) is 18.0 Å². The summed E-state index contributed by atoms with van der Waals surface area (Å²) in [6.07, 6.45) is 4.02.